The number of hydrogen-bond acceptors (Lipinski definition) is 5. The van der Waals surface area contributed by atoms with E-state index in [1.165, 1.54) is 11.3 Å². The van der Waals surface area contributed by atoms with Crippen molar-refractivity contribution in [3.63, 3.8) is 0 Å². The summed E-state index contributed by atoms with van der Waals surface area (Å²) < 4.78 is 0. The van der Waals surface area contributed by atoms with E-state index >= 15 is 0 Å². The van der Waals surface area contributed by atoms with Crippen molar-refractivity contribution in [2.45, 2.75) is 0 Å². The molecule has 4 nitrogen and oxygen atoms in total. The van der Waals surface area contributed by atoms with Crippen molar-refractivity contribution < 1.29 is 0 Å². The number of thiophene rings is 1. The number of halogens is 1. The quantitative estimate of drug-likeness (QED) is 0.824. The summed E-state index contributed by atoms with van der Waals surface area (Å²) in [5.41, 5.74) is 7.20. The highest BCUT2D eigenvalue weighted by Crippen LogP contribution is 2.29. The van der Waals surface area contributed by atoms with E-state index in [1.54, 1.807) is 12.1 Å². The Morgan fingerprint density at radius 3 is 2.87 bits per heavy atom. The molecule has 0 aliphatic heterocycles. The molecule has 15 heavy (non-hydrogen) atoms. The molecule has 0 aromatic carbocycles. The minimum atomic E-state index is 0.281. The summed E-state index contributed by atoms with van der Waals surface area (Å²) in [4.78, 5) is 0.623. The second-order valence-corrected chi connectivity index (χ2v) is 4.08. The number of nitrogens with zero attached hydrogens (tertiary/aromatic N) is 3. The second-order valence-electron chi connectivity index (χ2n) is 2.78. The Hall–Kier alpha value is -1.64. The maximum absolute atomic E-state index is 8.70. The summed E-state index contributed by atoms with van der Waals surface area (Å²) in [6.45, 7) is 0. The van der Waals surface area contributed by atoms with Gasteiger partial charge in [0, 0.05) is 10.9 Å². The Labute approximate surface area is 94.9 Å². The van der Waals surface area contributed by atoms with Gasteiger partial charge >= 0.3 is 0 Å². The first-order valence-electron chi connectivity index (χ1n) is 3.98. The van der Waals surface area contributed by atoms with Crippen LogP contribution in [0, 0.1) is 11.3 Å². The Morgan fingerprint density at radius 1 is 1.40 bits per heavy atom. The monoisotopic (exact) mass is 236 g/mol. The van der Waals surface area contributed by atoms with Gasteiger partial charge in [-0.15, -0.1) is 21.5 Å². The van der Waals surface area contributed by atoms with Crippen molar-refractivity contribution in [2.24, 2.45) is 0 Å². The third-order valence-corrected chi connectivity index (χ3v) is 2.83. The molecular formula is C9H5ClN4S. The first-order valence-corrected chi connectivity index (χ1v) is 5.24. The second kappa shape index (κ2) is 3.85. The molecule has 2 aromatic heterocycles. The lowest BCUT2D eigenvalue weighted by atomic mass is 10.1. The van der Waals surface area contributed by atoms with E-state index in [-0.39, 0.29) is 5.15 Å². The number of nitriles is 1. The fraction of sp³-hybridized carbons (Fsp3) is 0. The average molecular weight is 237 g/mol. The van der Waals surface area contributed by atoms with Gasteiger partial charge in [-0.1, -0.05) is 11.6 Å². The molecule has 74 valence electrons. The van der Waals surface area contributed by atoms with Crippen molar-refractivity contribution in [1.29, 1.82) is 5.26 Å². The summed E-state index contributed by atoms with van der Waals surface area (Å²) in [5.74, 6) is 0.307. The van der Waals surface area contributed by atoms with Gasteiger partial charge in [-0.2, -0.15) is 5.26 Å². The van der Waals surface area contributed by atoms with E-state index in [2.05, 4.69) is 16.3 Å². The highest BCUT2D eigenvalue weighted by Gasteiger charge is 2.08. The minimum absolute atomic E-state index is 0.281. The van der Waals surface area contributed by atoms with Crippen LogP contribution in [0.15, 0.2) is 17.5 Å². The van der Waals surface area contributed by atoms with Gasteiger partial charge in [-0.25, -0.2) is 0 Å². The number of nitrogens with two attached hydrogens (primary N) is 1. The van der Waals surface area contributed by atoms with E-state index in [0.29, 0.717) is 16.3 Å². The van der Waals surface area contributed by atoms with Gasteiger partial charge in [0.15, 0.2) is 11.0 Å². The van der Waals surface area contributed by atoms with Gasteiger partial charge in [-0.05, 0) is 17.7 Å². The molecule has 2 N–H and O–H groups in total. The van der Waals surface area contributed by atoms with Gasteiger partial charge in [0.25, 0.3) is 0 Å². The lowest BCUT2D eigenvalue weighted by Crippen LogP contribution is -1.95. The average Bonchev–Trinajstić information content (AvgIpc) is 2.70. The van der Waals surface area contributed by atoms with Crippen LogP contribution >= 0.6 is 22.9 Å². The Balaban J connectivity index is 2.54. The van der Waals surface area contributed by atoms with Crippen molar-refractivity contribution in [2.75, 3.05) is 5.73 Å². The maximum Gasteiger partial charge on any atom is 0.154 e. The number of anilines is 1. The summed E-state index contributed by atoms with van der Waals surface area (Å²) in [5, 5.41) is 18.1. The van der Waals surface area contributed by atoms with Gasteiger partial charge in [0.05, 0.1) is 0 Å². The molecule has 0 unspecified atom stereocenters. The van der Waals surface area contributed by atoms with Gasteiger partial charge in [-0.3, -0.25) is 0 Å². The lowest BCUT2D eigenvalue weighted by molar-refractivity contribution is 1.04. The molecule has 0 bridgehead atoms. The van der Waals surface area contributed by atoms with Crippen molar-refractivity contribution in [3.8, 4) is 17.2 Å². The number of rotatable bonds is 1. The Kier molecular flexibility index (Phi) is 2.54. The van der Waals surface area contributed by atoms with Crippen molar-refractivity contribution in [1.82, 2.24) is 10.2 Å². The zero-order valence-electron chi connectivity index (χ0n) is 7.44. The van der Waals surface area contributed by atoms with Crippen molar-refractivity contribution in [3.05, 3.63) is 27.5 Å². The molecule has 2 heterocycles. The molecule has 0 spiro atoms. The van der Waals surface area contributed by atoms with E-state index in [1.807, 2.05) is 5.38 Å². The first-order chi connectivity index (χ1) is 7.20. The molecule has 0 atom stereocenters. The molecule has 0 fully saturated rings. The number of aromatic nitrogens is 2. The highest BCUT2D eigenvalue weighted by atomic mass is 35.5. The molecule has 0 aliphatic carbocycles. The molecular weight excluding hydrogens is 232 g/mol. The predicted molar refractivity (Wildman–Crippen MR) is 59.5 cm³/mol. The summed E-state index contributed by atoms with van der Waals surface area (Å²) in [7, 11) is 0. The predicted octanol–water partition coefficient (Wildman–Crippen LogP) is 2.31. The van der Waals surface area contributed by atoms with E-state index in [0.717, 1.165) is 5.56 Å². The largest absolute Gasteiger partial charge is 0.382 e. The molecule has 0 saturated heterocycles. The molecule has 6 heteroatoms. The Morgan fingerprint density at radius 2 is 2.20 bits per heavy atom. The normalized spacial score (nSPS) is 9.87. The molecule has 0 aliphatic rings. The smallest absolute Gasteiger partial charge is 0.154 e. The molecule has 0 amide bonds. The van der Waals surface area contributed by atoms with Gasteiger partial charge in [0.1, 0.15) is 10.9 Å². The van der Waals surface area contributed by atoms with Crippen LogP contribution < -0.4 is 5.73 Å². The van der Waals surface area contributed by atoms with E-state index in [9.17, 15) is 0 Å². The van der Waals surface area contributed by atoms with Crippen LogP contribution in [0.2, 0.25) is 5.15 Å². The fourth-order valence-corrected chi connectivity index (χ4v) is 1.99. The van der Waals surface area contributed by atoms with E-state index in [4.69, 9.17) is 22.6 Å². The van der Waals surface area contributed by atoms with Crippen LogP contribution in [-0.2, 0) is 0 Å². The lowest BCUT2D eigenvalue weighted by Gasteiger charge is -2.00. The van der Waals surface area contributed by atoms with E-state index < -0.39 is 0 Å². The first kappa shape index (κ1) is 9.90. The SMILES string of the molecule is N#Cc1cc(-c2cc(Cl)nnc2N)cs1. The summed E-state index contributed by atoms with van der Waals surface area (Å²) in [6, 6.07) is 5.44. The fourth-order valence-electron chi connectivity index (χ4n) is 1.14. The van der Waals surface area contributed by atoms with Crippen LogP contribution in [0.3, 0.4) is 0 Å². The third kappa shape index (κ3) is 1.91. The molecule has 2 rings (SSSR count). The summed E-state index contributed by atoms with van der Waals surface area (Å²) in [6.07, 6.45) is 0. The minimum Gasteiger partial charge on any atom is -0.382 e. The maximum atomic E-state index is 8.70. The standard InChI is InChI=1S/C9H5ClN4S/c10-8-2-7(9(12)14-13-8)5-1-6(3-11)15-4-5/h1-2,4H,(H2,12,14). The molecule has 0 saturated carbocycles. The number of hydrogen-bond donors (Lipinski definition) is 1. The number of nitrogen functional groups attached to an aromatic ring is 1. The van der Waals surface area contributed by atoms with Crippen LogP contribution in [0.1, 0.15) is 4.88 Å². The topological polar surface area (TPSA) is 75.6 Å². The van der Waals surface area contributed by atoms with Crippen LogP contribution in [0.4, 0.5) is 5.82 Å². The van der Waals surface area contributed by atoms with Gasteiger partial charge < -0.3 is 5.73 Å². The zero-order valence-corrected chi connectivity index (χ0v) is 9.01. The zero-order chi connectivity index (χ0) is 10.8. The van der Waals surface area contributed by atoms with Crippen LogP contribution in [0.5, 0.6) is 0 Å². The van der Waals surface area contributed by atoms with Crippen LogP contribution in [-0.4, -0.2) is 10.2 Å². The highest BCUT2D eigenvalue weighted by molar-refractivity contribution is 7.10. The van der Waals surface area contributed by atoms with Crippen molar-refractivity contribution >= 4 is 28.8 Å². The molecule has 0 radical (unpaired) electrons. The Bertz CT molecular complexity index is 543. The summed E-state index contributed by atoms with van der Waals surface area (Å²) >= 11 is 7.07. The van der Waals surface area contributed by atoms with Crippen LogP contribution in [0.25, 0.3) is 11.1 Å². The molecule has 2 aromatic rings. The third-order valence-electron chi connectivity index (χ3n) is 1.81. The van der Waals surface area contributed by atoms with Gasteiger partial charge in [0.2, 0.25) is 0 Å².